The second kappa shape index (κ2) is 7.68. The Morgan fingerprint density at radius 2 is 2.00 bits per heavy atom. The minimum Gasteiger partial charge on any atom is -0.384 e. The highest BCUT2D eigenvalue weighted by molar-refractivity contribution is 7.14. The quantitative estimate of drug-likeness (QED) is 0.717. The van der Waals surface area contributed by atoms with Gasteiger partial charge in [-0.05, 0) is 32.9 Å². The van der Waals surface area contributed by atoms with Gasteiger partial charge in [-0.15, -0.1) is 11.3 Å². The molecule has 0 aliphatic rings. The van der Waals surface area contributed by atoms with E-state index in [0.717, 1.165) is 0 Å². The van der Waals surface area contributed by atoms with E-state index in [1.165, 1.54) is 11.3 Å². The summed E-state index contributed by atoms with van der Waals surface area (Å²) in [5.41, 5.74) is 0. The first-order chi connectivity index (χ1) is 9.43. The van der Waals surface area contributed by atoms with Gasteiger partial charge >= 0.3 is 0 Å². The van der Waals surface area contributed by atoms with Crippen LogP contribution in [-0.2, 0) is 4.79 Å². The fourth-order valence-electron chi connectivity index (χ4n) is 1.40. The summed E-state index contributed by atoms with van der Waals surface area (Å²) >= 11 is 1.22. The normalized spacial score (nSPS) is 11.4. The van der Waals surface area contributed by atoms with E-state index in [1.54, 1.807) is 19.1 Å². The number of aliphatic hydroxyl groups is 1. The van der Waals surface area contributed by atoms with E-state index in [1.807, 2.05) is 13.8 Å². The number of amides is 2. The van der Waals surface area contributed by atoms with E-state index in [-0.39, 0.29) is 24.5 Å². The van der Waals surface area contributed by atoms with Crippen molar-refractivity contribution in [2.24, 2.45) is 0 Å². The molecule has 0 aromatic carbocycles. The molecular weight excluding hydrogens is 276 g/mol. The number of carbonyl (C=O) groups is 2. The van der Waals surface area contributed by atoms with Crippen molar-refractivity contribution >= 4 is 23.2 Å². The molecule has 6 heteroatoms. The first-order valence-electron chi connectivity index (χ1n) is 6.25. The lowest BCUT2D eigenvalue weighted by molar-refractivity contribution is -0.123. The van der Waals surface area contributed by atoms with Gasteiger partial charge in [-0.3, -0.25) is 9.59 Å². The molecule has 1 aromatic rings. The van der Waals surface area contributed by atoms with Crippen LogP contribution in [0.4, 0.5) is 0 Å². The fourth-order valence-corrected chi connectivity index (χ4v) is 2.18. The Morgan fingerprint density at radius 1 is 1.30 bits per heavy atom. The number of rotatable bonds is 4. The lowest BCUT2D eigenvalue weighted by Gasteiger charge is -2.15. The molecule has 0 spiro atoms. The molecule has 1 aromatic heterocycles. The molecule has 2 amide bonds. The van der Waals surface area contributed by atoms with Gasteiger partial charge in [-0.1, -0.05) is 11.8 Å². The van der Waals surface area contributed by atoms with Crippen molar-refractivity contribution in [2.75, 3.05) is 6.61 Å². The molecule has 0 aliphatic carbocycles. The van der Waals surface area contributed by atoms with Crippen molar-refractivity contribution in [1.29, 1.82) is 0 Å². The zero-order valence-corrected chi connectivity index (χ0v) is 12.5. The molecule has 0 fully saturated rings. The average molecular weight is 294 g/mol. The summed E-state index contributed by atoms with van der Waals surface area (Å²) in [4.78, 5) is 24.8. The molecule has 108 valence electrons. The van der Waals surface area contributed by atoms with Crippen LogP contribution in [0.5, 0.6) is 0 Å². The van der Waals surface area contributed by atoms with Crippen LogP contribution in [0, 0.1) is 11.8 Å². The molecule has 3 N–H and O–H groups in total. The van der Waals surface area contributed by atoms with Crippen molar-refractivity contribution in [3.05, 3.63) is 21.9 Å². The molecule has 0 radical (unpaired) electrons. The smallest absolute Gasteiger partial charge is 0.262 e. The number of hydrogen-bond donors (Lipinski definition) is 3. The molecule has 0 aliphatic heterocycles. The topological polar surface area (TPSA) is 78.4 Å². The van der Waals surface area contributed by atoms with Crippen LogP contribution in [0.25, 0.3) is 0 Å². The number of hydrogen-bond acceptors (Lipinski definition) is 4. The summed E-state index contributed by atoms with van der Waals surface area (Å²) in [5.74, 6) is 4.72. The van der Waals surface area contributed by atoms with E-state index in [9.17, 15) is 9.59 Å². The van der Waals surface area contributed by atoms with Gasteiger partial charge in [0, 0.05) is 6.04 Å². The van der Waals surface area contributed by atoms with Crippen molar-refractivity contribution in [1.82, 2.24) is 10.6 Å². The highest BCUT2D eigenvalue weighted by atomic mass is 32.1. The van der Waals surface area contributed by atoms with Gasteiger partial charge in [-0.25, -0.2) is 0 Å². The molecule has 0 saturated heterocycles. The number of nitrogens with one attached hydrogen (secondary N) is 2. The minimum absolute atomic E-state index is 0.0314. The fraction of sp³-hybridized carbons (Fsp3) is 0.429. The first kappa shape index (κ1) is 16.2. The zero-order valence-electron chi connectivity index (χ0n) is 11.7. The SMILES string of the molecule is CC(C)NC(=O)C(C)NC(=O)c1ccc(C#CCO)s1. The maximum Gasteiger partial charge on any atom is 0.262 e. The standard InChI is InChI=1S/C14H18N2O3S/c1-9(2)15-13(18)10(3)16-14(19)12-7-6-11(20-12)5-4-8-17/h6-7,9-10,17H,8H2,1-3H3,(H,15,18)(H,16,19). The molecule has 0 bridgehead atoms. The minimum atomic E-state index is -0.598. The Labute approximate surface area is 122 Å². The Morgan fingerprint density at radius 3 is 2.60 bits per heavy atom. The van der Waals surface area contributed by atoms with E-state index < -0.39 is 6.04 Å². The Bertz CT molecular complexity index is 540. The van der Waals surface area contributed by atoms with Gasteiger partial charge in [0.2, 0.25) is 5.91 Å². The summed E-state index contributed by atoms with van der Waals surface area (Å²) in [6.45, 7) is 5.14. The van der Waals surface area contributed by atoms with Gasteiger partial charge in [0.15, 0.2) is 0 Å². The van der Waals surface area contributed by atoms with E-state index in [2.05, 4.69) is 22.5 Å². The molecular formula is C14H18N2O3S. The van der Waals surface area contributed by atoms with Crippen LogP contribution in [-0.4, -0.2) is 35.6 Å². The van der Waals surface area contributed by atoms with Crippen molar-refractivity contribution in [3.8, 4) is 11.8 Å². The van der Waals surface area contributed by atoms with E-state index >= 15 is 0 Å². The van der Waals surface area contributed by atoms with Gasteiger partial charge in [0.25, 0.3) is 5.91 Å². The monoisotopic (exact) mass is 294 g/mol. The molecule has 1 unspecified atom stereocenters. The molecule has 20 heavy (non-hydrogen) atoms. The van der Waals surface area contributed by atoms with Gasteiger partial charge in [0.1, 0.15) is 12.6 Å². The largest absolute Gasteiger partial charge is 0.384 e. The Balaban J connectivity index is 2.62. The summed E-state index contributed by atoms with van der Waals surface area (Å²) < 4.78 is 0. The van der Waals surface area contributed by atoms with Crippen LogP contribution in [0.1, 0.15) is 35.3 Å². The highest BCUT2D eigenvalue weighted by Gasteiger charge is 2.17. The van der Waals surface area contributed by atoms with Gasteiger partial charge in [0.05, 0.1) is 9.75 Å². The van der Waals surface area contributed by atoms with Crippen LogP contribution in [0.2, 0.25) is 0 Å². The van der Waals surface area contributed by atoms with Crippen LogP contribution < -0.4 is 10.6 Å². The lowest BCUT2D eigenvalue weighted by atomic mass is 10.2. The average Bonchev–Trinajstić information content (AvgIpc) is 2.84. The summed E-state index contributed by atoms with van der Waals surface area (Å²) in [5, 5.41) is 14.0. The van der Waals surface area contributed by atoms with Crippen LogP contribution >= 0.6 is 11.3 Å². The summed E-state index contributed by atoms with van der Waals surface area (Å²) in [7, 11) is 0. The molecule has 5 nitrogen and oxygen atoms in total. The number of carbonyl (C=O) groups excluding carboxylic acids is 2. The second-order valence-electron chi connectivity index (χ2n) is 4.48. The molecule has 0 saturated carbocycles. The maximum atomic E-state index is 12.0. The molecule has 1 atom stereocenters. The van der Waals surface area contributed by atoms with Crippen molar-refractivity contribution in [2.45, 2.75) is 32.9 Å². The third-order valence-electron chi connectivity index (χ3n) is 2.29. The van der Waals surface area contributed by atoms with E-state index in [4.69, 9.17) is 5.11 Å². The zero-order chi connectivity index (χ0) is 15.1. The van der Waals surface area contributed by atoms with Gasteiger partial charge < -0.3 is 15.7 Å². The molecule has 1 rings (SSSR count). The summed E-state index contributed by atoms with van der Waals surface area (Å²) in [6.07, 6.45) is 0. The predicted molar refractivity (Wildman–Crippen MR) is 78.5 cm³/mol. The molecule has 1 heterocycles. The van der Waals surface area contributed by atoms with Crippen molar-refractivity contribution < 1.29 is 14.7 Å². The Hall–Kier alpha value is -1.84. The third-order valence-corrected chi connectivity index (χ3v) is 3.29. The number of aliphatic hydroxyl groups excluding tert-OH is 1. The van der Waals surface area contributed by atoms with Crippen LogP contribution in [0.3, 0.4) is 0 Å². The first-order valence-corrected chi connectivity index (χ1v) is 7.06. The van der Waals surface area contributed by atoms with Gasteiger partial charge in [-0.2, -0.15) is 0 Å². The highest BCUT2D eigenvalue weighted by Crippen LogP contribution is 2.15. The summed E-state index contributed by atoms with van der Waals surface area (Å²) in [6, 6.07) is 2.79. The lowest BCUT2D eigenvalue weighted by Crippen LogP contribution is -2.46. The van der Waals surface area contributed by atoms with Crippen LogP contribution in [0.15, 0.2) is 12.1 Å². The maximum absolute atomic E-state index is 12.0. The Kier molecular flexibility index (Phi) is 6.22. The predicted octanol–water partition coefficient (Wildman–Crippen LogP) is 0.735. The third kappa shape index (κ3) is 5.03. The van der Waals surface area contributed by atoms with Crippen molar-refractivity contribution in [3.63, 3.8) is 0 Å². The second-order valence-corrected chi connectivity index (χ2v) is 5.57. The number of thiophene rings is 1. The van der Waals surface area contributed by atoms with E-state index in [0.29, 0.717) is 9.75 Å².